The zero-order valence-corrected chi connectivity index (χ0v) is 19.1. The number of carbonyl (C=O) groups is 1. The van der Waals surface area contributed by atoms with Crippen molar-refractivity contribution >= 4 is 33.8 Å². The number of likely N-dealkylation sites (tertiary alicyclic amines) is 1. The van der Waals surface area contributed by atoms with Gasteiger partial charge in [-0.1, -0.05) is 18.2 Å². The number of pyridine rings is 2. The first-order valence-corrected chi connectivity index (χ1v) is 11.6. The molecule has 1 atom stereocenters. The van der Waals surface area contributed by atoms with Crippen molar-refractivity contribution in [3.63, 3.8) is 0 Å². The van der Waals surface area contributed by atoms with Gasteiger partial charge in [-0.2, -0.15) is 0 Å². The number of benzene rings is 1. The molecule has 34 heavy (non-hydrogen) atoms. The van der Waals surface area contributed by atoms with Gasteiger partial charge in [0, 0.05) is 43.0 Å². The molecule has 1 unspecified atom stereocenters. The van der Waals surface area contributed by atoms with E-state index in [2.05, 4.69) is 14.5 Å². The number of fused-ring (bicyclic) bond motifs is 3. The van der Waals surface area contributed by atoms with Crippen LogP contribution in [0.1, 0.15) is 32.0 Å². The maximum atomic E-state index is 11.9. The maximum absolute atomic E-state index is 11.9. The third-order valence-corrected chi connectivity index (χ3v) is 6.48. The van der Waals surface area contributed by atoms with Gasteiger partial charge in [0.05, 0.1) is 17.1 Å². The number of ether oxygens (including phenoxy) is 1. The number of imidazole rings is 1. The number of nitrogens with two attached hydrogens (primary N) is 1. The Bertz CT molecular complexity index is 1340. The first-order valence-electron chi connectivity index (χ1n) is 11.6. The van der Waals surface area contributed by atoms with E-state index in [9.17, 15) is 9.90 Å². The predicted octanol–water partition coefficient (Wildman–Crippen LogP) is 4.30. The third kappa shape index (κ3) is 4.03. The summed E-state index contributed by atoms with van der Waals surface area (Å²) in [4.78, 5) is 27.1. The van der Waals surface area contributed by atoms with Gasteiger partial charge in [0.15, 0.2) is 5.82 Å². The Labute approximate surface area is 197 Å². The molecule has 1 amide bonds. The molecule has 1 aromatic carbocycles. The average Bonchev–Trinajstić information content (AvgIpc) is 3.22. The predicted molar refractivity (Wildman–Crippen MR) is 130 cm³/mol. The molecule has 9 nitrogen and oxygen atoms in total. The van der Waals surface area contributed by atoms with Crippen LogP contribution in [-0.4, -0.2) is 54.8 Å². The van der Waals surface area contributed by atoms with E-state index < -0.39 is 6.09 Å². The van der Waals surface area contributed by atoms with Crippen LogP contribution >= 0.6 is 0 Å². The number of hydrogen-bond donors (Lipinski definition) is 2. The molecule has 3 aromatic heterocycles. The summed E-state index contributed by atoms with van der Waals surface area (Å²) in [6, 6.07) is 9.85. The molecule has 4 aromatic rings. The van der Waals surface area contributed by atoms with E-state index in [4.69, 9.17) is 15.5 Å². The Morgan fingerprint density at radius 1 is 1.24 bits per heavy atom. The molecular weight excluding hydrogens is 432 g/mol. The van der Waals surface area contributed by atoms with E-state index in [1.165, 1.54) is 0 Å². The van der Waals surface area contributed by atoms with E-state index in [0.29, 0.717) is 37.6 Å². The van der Waals surface area contributed by atoms with Crippen LogP contribution < -0.4 is 5.73 Å². The molecule has 1 saturated heterocycles. The van der Waals surface area contributed by atoms with Crippen LogP contribution in [0, 0.1) is 0 Å². The Morgan fingerprint density at radius 2 is 2.12 bits per heavy atom. The van der Waals surface area contributed by atoms with Gasteiger partial charge in [-0.25, -0.2) is 14.8 Å². The second kappa shape index (κ2) is 9.26. The van der Waals surface area contributed by atoms with Crippen LogP contribution in [0.25, 0.3) is 33.1 Å². The Kier molecular flexibility index (Phi) is 6.02. The highest BCUT2D eigenvalue weighted by atomic mass is 16.5. The molecule has 0 spiro atoms. The zero-order chi connectivity index (χ0) is 23.7. The number of nitrogen functional groups attached to an aromatic ring is 1. The highest BCUT2D eigenvalue weighted by Gasteiger charge is 2.29. The molecule has 1 aliphatic rings. The van der Waals surface area contributed by atoms with Crippen molar-refractivity contribution in [1.29, 1.82) is 0 Å². The number of anilines is 1. The summed E-state index contributed by atoms with van der Waals surface area (Å²) in [5, 5.41) is 10.7. The topological polar surface area (TPSA) is 119 Å². The minimum absolute atomic E-state index is 0.136. The van der Waals surface area contributed by atoms with Gasteiger partial charge in [0.1, 0.15) is 17.9 Å². The summed E-state index contributed by atoms with van der Waals surface area (Å²) in [6.45, 7) is 3.85. The third-order valence-electron chi connectivity index (χ3n) is 6.48. The van der Waals surface area contributed by atoms with Crippen molar-refractivity contribution in [1.82, 2.24) is 24.4 Å². The SMILES string of the molecule is CCOCc1nc2c(N)nc3cc(-c4cccnc4)ccc3c2n1CC1CCCCN1C(=O)O. The van der Waals surface area contributed by atoms with E-state index in [1.54, 1.807) is 11.1 Å². The van der Waals surface area contributed by atoms with Crippen molar-refractivity contribution in [2.24, 2.45) is 0 Å². The van der Waals surface area contributed by atoms with Crippen molar-refractivity contribution in [2.75, 3.05) is 18.9 Å². The smallest absolute Gasteiger partial charge is 0.407 e. The van der Waals surface area contributed by atoms with Crippen molar-refractivity contribution in [3.05, 3.63) is 48.5 Å². The molecule has 176 valence electrons. The minimum Gasteiger partial charge on any atom is -0.465 e. The van der Waals surface area contributed by atoms with E-state index in [0.717, 1.165) is 52.6 Å². The van der Waals surface area contributed by atoms with Crippen LogP contribution in [0.5, 0.6) is 0 Å². The highest BCUT2D eigenvalue weighted by molar-refractivity contribution is 6.07. The number of amides is 1. The van der Waals surface area contributed by atoms with Gasteiger partial charge in [0.2, 0.25) is 0 Å². The standard InChI is InChI=1S/C25H28N6O3/c1-2-34-15-21-29-22-23(31(21)14-18-7-3-4-11-30(18)25(32)33)19-9-8-16(12-20(19)28-24(22)26)17-6-5-10-27-13-17/h5-6,8-10,12-13,18H,2-4,7,11,14-15H2,1H3,(H2,26,28)(H,32,33). The summed E-state index contributed by atoms with van der Waals surface area (Å²) < 4.78 is 7.79. The normalized spacial score (nSPS) is 16.4. The number of piperidine rings is 1. The molecule has 0 aliphatic carbocycles. The average molecular weight is 461 g/mol. The molecule has 0 saturated carbocycles. The highest BCUT2D eigenvalue weighted by Crippen LogP contribution is 2.33. The monoisotopic (exact) mass is 460 g/mol. The quantitative estimate of drug-likeness (QED) is 0.440. The number of hydrogen-bond acceptors (Lipinski definition) is 6. The van der Waals surface area contributed by atoms with E-state index in [1.807, 2.05) is 43.5 Å². The first-order chi connectivity index (χ1) is 16.6. The van der Waals surface area contributed by atoms with Gasteiger partial charge in [-0.15, -0.1) is 0 Å². The second-order valence-electron chi connectivity index (χ2n) is 8.57. The second-order valence-corrected chi connectivity index (χ2v) is 8.57. The van der Waals surface area contributed by atoms with Crippen LogP contribution in [0.3, 0.4) is 0 Å². The Morgan fingerprint density at radius 3 is 2.88 bits per heavy atom. The molecule has 3 N–H and O–H groups in total. The molecule has 4 heterocycles. The fourth-order valence-corrected chi connectivity index (χ4v) is 4.82. The van der Waals surface area contributed by atoms with Crippen LogP contribution in [-0.2, 0) is 17.9 Å². The summed E-state index contributed by atoms with van der Waals surface area (Å²) in [5.74, 6) is 1.08. The lowest BCUT2D eigenvalue weighted by Crippen LogP contribution is -2.45. The molecule has 1 aliphatic heterocycles. The lowest BCUT2D eigenvalue weighted by molar-refractivity contribution is 0.0969. The Hall–Kier alpha value is -3.72. The van der Waals surface area contributed by atoms with Crippen molar-refractivity contribution < 1.29 is 14.6 Å². The molecule has 1 fully saturated rings. The number of rotatable bonds is 6. The largest absolute Gasteiger partial charge is 0.465 e. The summed E-state index contributed by atoms with van der Waals surface area (Å²) in [7, 11) is 0. The van der Waals surface area contributed by atoms with Gasteiger partial charge in [-0.3, -0.25) is 4.98 Å². The first kappa shape index (κ1) is 22.1. The number of nitrogens with zero attached hydrogens (tertiary/aromatic N) is 5. The molecule has 0 bridgehead atoms. The molecule has 0 radical (unpaired) electrons. The van der Waals surface area contributed by atoms with Gasteiger partial charge < -0.3 is 25.0 Å². The fourth-order valence-electron chi connectivity index (χ4n) is 4.82. The Balaban J connectivity index is 1.67. The molecular formula is C25H28N6O3. The van der Waals surface area contributed by atoms with E-state index in [-0.39, 0.29) is 6.04 Å². The molecule has 5 rings (SSSR count). The maximum Gasteiger partial charge on any atom is 0.407 e. The summed E-state index contributed by atoms with van der Waals surface area (Å²) in [6.07, 6.45) is 5.37. The minimum atomic E-state index is -0.882. The fraction of sp³-hybridized carbons (Fsp3) is 0.360. The summed E-state index contributed by atoms with van der Waals surface area (Å²) in [5.41, 5.74) is 10.6. The van der Waals surface area contributed by atoms with Crippen LogP contribution in [0.15, 0.2) is 42.7 Å². The number of carboxylic acid groups (broad SMARTS) is 1. The van der Waals surface area contributed by atoms with Crippen LogP contribution in [0.2, 0.25) is 0 Å². The van der Waals surface area contributed by atoms with Gasteiger partial charge >= 0.3 is 6.09 Å². The van der Waals surface area contributed by atoms with Crippen LogP contribution in [0.4, 0.5) is 10.6 Å². The molecule has 9 heteroatoms. The van der Waals surface area contributed by atoms with Gasteiger partial charge in [-0.05, 0) is 43.9 Å². The number of aromatic nitrogens is 4. The van der Waals surface area contributed by atoms with Crippen molar-refractivity contribution in [3.8, 4) is 11.1 Å². The van der Waals surface area contributed by atoms with Gasteiger partial charge in [0.25, 0.3) is 0 Å². The lowest BCUT2D eigenvalue weighted by atomic mass is 10.0. The summed E-state index contributed by atoms with van der Waals surface area (Å²) >= 11 is 0. The van der Waals surface area contributed by atoms with Crippen molar-refractivity contribution in [2.45, 2.75) is 45.4 Å². The van der Waals surface area contributed by atoms with E-state index >= 15 is 0 Å². The lowest BCUT2D eigenvalue weighted by Gasteiger charge is -2.34. The zero-order valence-electron chi connectivity index (χ0n) is 19.1.